The van der Waals surface area contributed by atoms with Crippen LogP contribution in [0.4, 0.5) is 18.9 Å². The molecule has 7 heteroatoms. The molecule has 0 unspecified atom stereocenters. The molecule has 1 amide bonds. The summed E-state index contributed by atoms with van der Waals surface area (Å²) >= 11 is 5.55. The van der Waals surface area contributed by atoms with Gasteiger partial charge >= 0.3 is 6.18 Å². The van der Waals surface area contributed by atoms with Crippen LogP contribution < -0.4 is 11.1 Å². The van der Waals surface area contributed by atoms with Crippen LogP contribution in [0.3, 0.4) is 0 Å². The first kappa shape index (κ1) is 16.8. The van der Waals surface area contributed by atoms with Gasteiger partial charge < -0.3 is 11.1 Å². The second-order valence-electron chi connectivity index (χ2n) is 4.91. The highest BCUT2D eigenvalue weighted by atomic mass is 35.5. The van der Waals surface area contributed by atoms with Crippen LogP contribution in [0, 0.1) is 5.92 Å². The number of carbonyl (C=O) groups excluding carboxylic acids is 1. The summed E-state index contributed by atoms with van der Waals surface area (Å²) in [5.41, 5.74) is 4.30. The molecule has 0 aliphatic rings. The summed E-state index contributed by atoms with van der Waals surface area (Å²) in [4.78, 5) is 11.8. The van der Waals surface area contributed by atoms with Gasteiger partial charge in [-0.1, -0.05) is 25.4 Å². The molecule has 3 nitrogen and oxygen atoms in total. The Labute approximate surface area is 120 Å². The van der Waals surface area contributed by atoms with Crippen LogP contribution in [0.5, 0.6) is 0 Å². The van der Waals surface area contributed by atoms with Gasteiger partial charge in [0.1, 0.15) is 0 Å². The second-order valence-corrected chi connectivity index (χ2v) is 5.35. The molecule has 0 radical (unpaired) electrons. The number of rotatable bonds is 4. The number of nitrogens with two attached hydrogens (primary N) is 1. The van der Waals surface area contributed by atoms with Crippen molar-refractivity contribution in [1.82, 2.24) is 0 Å². The first-order valence-corrected chi connectivity index (χ1v) is 6.42. The quantitative estimate of drug-likeness (QED) is 0.891. The van der Waals surface area contributed by atoms with Gasteiger partial charge in [-0.2, -0.15) is 13.2 Å². The third-order valence-electron chi connectivity index (χ3n) is 2.61. The van der Waals surface area contributed by atoms with Crippen LogP contribution >= 0.6 is 11.6 Å². The average molecular weight is 309 g/mol. The number of amides is 1. The number of hydrogen-bond donors (Lipinski definition) is 2. The van der Waals surface area contributed by atoms with E-state index in [0.29, 0.717) is 6.42 Å². The van der Waals surface area contributed by atoms with E-state index in [-0.39, 0.29) is 16.6 Å². The van der Waals surface area contributed by atoms with E-state index in [1.54, 1.807) is 0 Å². The van der Waals surface area contributed by atoms with Crippen LogP contribution in [0.1, 0.15) is 25.8 Å². The SMILES string of the molecule is CC(C)C[C@H](N)C(=O)Nc1ccc(Cl)cc1C(F)(F)F. The Morgan fingerprint density at radius 2 is 2.00 bits per heavy atom. The molecule has 3 N–H and O–H groups in total. The minimum Gasteiger partial charge on any atom is -0.324 e. The lowest BCUT2D eigenvalue weighted by molar-refractivity contribution is -0.137. The van der Waals surface area contributed by atoms with Crippen molar-refractivity contribution in [3.05, 3.63) is 28.8 Å². The van der Waals surface area contributed by atoms with Crippen LogP contribution in [-0.4, -0.2) is 11.9 Å². The molecule has 0 heterocycles. The largest absolute Gasteiger partial charge is 0.418 e. The third-order valence-corrected chi connectivity index (χ3v) is 2.84. The predicted molar refractivity (Wildman–Crippen MR) is 72.5 cm³/mol. The predicted octanol–water partition coefficient (Wildman–Crippen LogP) is 3.67. The van der Waals surface area contributed by atoms with E-state index < -0.39 is 23.7 Å². The highest BCUT2D eigenvalue weighted by Crippen LogP contribution is 2.36. The zero-order valence-corrected chi connectivity index (χ0v) is 11.8. The Hall–Kier alpha value is -1.27. The van der Waals surface area contributed by atoms with Gasteiger partial charge in [0.25, 0.3) is 0 Å². The Bertz CT molecular complexity index is 489. The summed E-state index contributed by atoms with van der Waals surface area (Å²) in [6.45, 7) is 3.74. The molecule has 0 aliphatic heterocycles. The van der Waals surface area contributed by atoms with Gasteiger partial charge in [-0.25, -0.2) is 0 Å². The van der Waals surface area contributed by atoms with Gasteiger partial charge in [0.2, 0.25) is 5.91 Å². The Morgan fingerprint density at radius 1 is 1.40 bits per heavy atom. The smallest absolute Gasteiger partial charge is 0.324 e. The van der Waals surface area contributed by atoms with Crippen molar-refractivity contribution in [2.24, 2.45) is 11.7 Å². The molecule has 1 aromatic carbocycles. The zero-order valence-electron chi connectivity index (χ0n) is 11.1. The second kappa shape index (κ2) is 6.45. The minimum atomic E-state index is -4.60. The Kier molecular flexibility index (Phi) is 5.42. The first-order chi connectivity index (χ1) is 9.11. The molecule has 0 fully saturated rings. The van der Waals surface area contributed by atoms with Crippen molar-refractivity contribution >= 4 is 23.2 Å². The van der Waals surface area contributed by atoms with Crippen LogP contribution in [0.2, 0.25) is 5.02 Å². The van der Waals surface area contributed by atoms with Crippen LogP contribution in [0.15, 0.2) is 18.2 Å². The molecule has 0 spiro atoms. The van der Waals surface area contributed by atoms with E-state index in [1.165, 1.54) is 6.07 Å². The van der Waals surface area contributed by atoms with E-state index in [9.17, 15) is 18.0 Å². The van der Waals surface area contributed by atoms with Crippen molar-refractivity contribution in [2.75, 3.05) is 5.32 Å². The highest BCUT2D eigenvalue weighted by Gasteiger charge is 2.34. The molecular formula is C13H16ClF3N2O. The standard InChI is InChI=1S/C13H16ClF3N2O/c1-7(2)5-10(18)12(20)19-11-4-3-8(14)6-9(11)13(15,16)17/h3-4,6-7,10H,5,18H2,1-2H3,(H,19,20)/t10-/m0/s1. The highest BCUT2D eigenvalue weighted by molar-refractivity contribution is 6.30. The summed E-state index contributed by atoms with van der Waals surface area (Å²) in [7, 11) is 0. The van der Waals surface area contributed by atoms with Gasteiger partial charge in [0.05, 0.1) is 17.3 Å². The molecule has 20 heavy (non-hydrogen) atoms. The maximum Gasteiger partial charge on any atom is 0.418 e. The van der Waals surface area contributed by atoms with Crippen molar-refractivity contribution < 1.29 is 18.0 Å². The van der Waals surface area contributed by atoms with E-state index in [0.717, 1.165) is 12.1 Å². The first-order valence-electron chi connectivity index (χ1n) is 6.04. The zero-order chi connectivity index (χ0) is 15.5. The van der Waals surface area contributed by atoms with Gasteiger partial charge in [-0.3, -0.25) is 4.79 Å². The summed E-state index contributed by atoms with van der Waals surface area (Å²) in [5, 5.41) is 2.15. The van der Waals surface area contributed by atoms with Crippen molar-refractivity contribution in [3.8, 4) is 0 Å². The molecule has 1 atom stereocenters. The molecule has 0 aromatic heterocycles. The average Bonchev–Trinajstić information content (AvgIpc) is 2.29. The lowest BCUT2D eigenvalue weighted by Crippen LogP contribution is -2.37. The molecule has 112 valence electrons. The molecule has 0 saturated carbocycles. The monoisotopic (exact) mass is 308 g/mol. The molecule has 0 bridgehead atoms. The van der Waals surface area contributed by atoms with Gasteiger partial charge in [-0.15, -0.1) is 0 Å². The summed E-state index contributed by atoms with van der Waals surface area (Å²) in [6.07, 6.45) is -4.21. The molecule has 0 saturated heterocycles. The number of hydrogen-bond acceptors (Lipinski definition) is 2. The summed E-state index contributed by atoms with van der Waals surface area (Å²) < 4.78 is 38.5. The lowest BCUT2D eigenvalue weighted by atomic mass is 10.0. The minimum absolute atomic E-state index is 0.0539. The van der Waals surface area contributed by atoms with Gasteiger partial charge in [0, 0.05) is 5.02 Å². The number of benzene rings is 1. The fraction of sp³-hybridized carbons (Fsp3) is 0.462. The van der Waals surface area contributed by atoms with Crippen molar-refractivity contribution in [1.29, 1.82) is 0 Å². The van der Waals surface area contributed by atoms with Crippen molar-refractivity contribution in [3.63, 3.8) is 0 Å². The number of halogens is 4. The third kappa shape index (κ3) is 4.68. The Morgan fingerprint density at radius 3 is 2.50 bits per heavy atom. The molecule has 0 aliphatic carbocycles. The topological polar surface area (TPSA) is 55.1 Å². The Balaban J connectivity index is 2.95. The fourth-order valence-corrected chi connectivity index (χ4v) is 1.87. The molecular weight excluding hydrogens is 293 g/mol. The summed E-state index contributed by atoms with van der Waals surface area (Å²) in [5.74, 6) is -0.477. The molecule has 1 aromatic rings. The maximum atomic E-state index is 12.8. The van der Waals surface area contributed by atoms with Crippen LogP contribution in [0.25, 0.3) is 0 Å². The van der Waals surface area contributed by atoms with Gasteiger partial charge in [-0.05, 0) is 30.5 Å². The van der Waals surface area contributed by atoms with Crippen molar-refractivity contribution in [2.45, 2.75) is 32.5 Å². The molecule has 1 rings (SSSR count). The number of alkyl halides is 3. The summed E-state index contributed by atoms with van der Waals surface area (Å²) in [6, 6.07) is 2.31. The van der Waals surface area contributed by atoms with Gasteiger partial charge in [0.15, 0.2) is 0 Å². The van der Waals surface area contributed by atoms with E-state index >= 15 is 0 Å². The lowest BCUT2D eigenvalue weighted by Gasteiger charge is -2.17. The van der Waals surface area contributed by atoms with E-state index in [4.69, 9.17) is 17.3 Å². The van der Waals surface area contributed by atoms with E-state index in [2.05, 4.69) is 5.32 Å². The number of carbonyl (C=O) groups is 1. The fourth-order valence-electron chi connectivity index (χ4n) is 1.70. The van der Waals surface area contributed by atoms with E-state index in [1.807, 2.05) is 13.8 Å². The number of nitrogens with one attached hydrogen (secondary N) is 1. The maximum absolute atomic E-state index is 12.8. The number of anilines is 1. The normalized spacial score (nSPS) is 13.4. The van der Waals surface area contributed by atoms with Crippen LogP contribution in [-0.2, 0) is 11.0 Å².